The molecule has 0 aliphatic carbocycles. The number of nitrogens with one attached hydrogen (secondary N) is 1. The van der Waals surface area contributed by atoms with Gasteiger partial charge in [0, 0.05) is 13.1 Å². The highest BCUT2D eigenvalue weighted by Gasteiger charge is 2.39. The number of benzene rings is 2. The summed E-state index contributed by atoms with van der Waals surface area (Å²) in [6.45, 7) is 0.871. The van der Waals surface area contributed by atoms with E-state index in [9.17, 15) is 18.0 Å². The third-order valence-electron chi connectivity index (χ3n) is 5.61. The van der Waals surface area contributed by atoms with Gasteiger partial charge in [-0.15, -0.1) is 11.3 Å². The average molecular weight is 535 g/mol. The molecular formula is C24H23ClN2O6S2. The maximum Gasteiger partial charge on any atom is 0.335 e. The Morgan fingerprint density at radius 2 is 1.74 bits per heavy atom. The molecule has 11 heteroatoms. The second-order valence-electron chi connectivity index (χ2n) is 7.98. The number of carbonyl (C=O) groups is 2. The molecule has 0 spiro atoms. The van der Waals surface area contributed by atoms with Crippen molar-refractivity contribution in [3.8, 4) is 5.75 Å². The molecule has 0 saturated carbocycles. The third kappa shape index (κ3) is 6.02. The number of hydrogen-bond donors (Lipinski definition) is 2. The smallest absolute Gasteiger partial charge is 0.335 e. The zero-order valence-electron chi connectivity index (χ0n) is 18.5. The van der Waals surface area contributed by atoms with E-state index in [0.717, 1.165) is 22.5 Å². The molecule has 1 amide bonds. The number of carboxylic acid groups (broad SMARTS) is 1. The van der Waals surface area contributed by atoms with Crippen molar-refractivity contribution in [2.75, 3.05) is 6.54 Å². The minimum atomic E-state index is -3.77. The molecule has 1 atom stereocenters. The van der Waals surface area contributed by atoms with Crippen LogP contribution in [-0.4, -0.2) is 42.3 Å². The molecule has 1 aromatic heterocycles. The van der Waals surface area contributed by atoms with Gasteiger partial charge in [-0.2, -0.15) is 4.31 Å². The van der Waals surface area contributed by atoms with Gasteiger partial charge in [-0.1, -0.05) is 35.9 Å². The molecule has 3 aromatic rings. The first-order valence-electron chi connectivity index (χ1n) is 10.8. The first kappa shape index (κ1) is 25.2. The Bertz CT molecular complexity index is 1310. The van der Waals surface area contributed by atoms with Crippen LogP contribution in [0.15, 0.2) is 64.9 Å². The Morgan fingerprint density at radius 3 is 2.37 bits per heavy atom. The molecular weight excluding hydrogens is 512 g/mol. The largest absolute Gasteiger partial charge is 0.489 e. The normalized spacial score (nSPS) is 16.2. The summed E-state index contributed by atoms with van der Waals surface area (Å²) in [5, 5.41) is 11.8. The summed E-state index contributed by atoms with van der Waals surface area (Å²) in [5.41, 5.74) is 1.97. The molecule has 0 unspecified atom stereocenters. The summed E-state index contributed by atoms with van der Waals surface area (Å²) in [4.78, 5) is 23.7. The predicted molar refractivity (Wildman–Crippen MR) is 132 cm³/mol. The van der Waals surface area contributed by atoms with Gasteiger partial charge in [0.25, 0.3) is 10.0 Å². The van der Waals surface area contributed by atoms with Gasteiger partial charge >= 0.3 is 5.97 Å². The second kappa shape index (κ2) is 10.8. The molecule has 1 fully saturated rings. The van der Waals surface area contributed by atoms with Gasteiger partial charge in [-0.05, 0) is 60.4 Å². The highest BCUT2D eigenvalue weighted by Crippen LogP contribution is 2.32. The fraction of sp³-hybridized carbons (Fsp3) is 0.250. The van der Waals surface area contributed by atoms with Crippen molar-refractivity contribution in [3.05, 3.63) is 81.7 Å². The Morgan fingerprint density at radius 1 is 1.06 bits per heavy atom. The fourth-order valence-corrected chi connectivity index (χ4v) is 7.03. The molecule has 2 aromatic carbocycles. The van der Waals surface area contributed by atoms with Gasteiger partial charge < -0.3 is 15.2 Å². The first-order valence-corrected chi connectivity index (χ1v) is 13.5. The minimum absolute atomic E-state index is 0.137. The van der Waals surface area contributed by atoms with Crippen molar-refractivity contribution in [3.63, 3.8) is 0 Å². The van der Waals surface area contributed by atoms with Crippen LogP contribution in [0.3, 0.4) is 0 Å². The lowest BCUT2D eigenvalue weighted by Crippen LogP contribution is -2.45. The zero-order chi connectivity index (χ0) is 25.0. The van der Waals surface area contributed by atoms with E-state index in [0.29, 0.717) is 36.1 Å². The number of carbonyl (C=O) groups excluding carboxylic acids is 1. The number of sulfonamides is 1. The van der Waals surface area contributed by atoms with Crippen LogP contribution >= 0.6 is 22.9 Å². The molecule has 0 bridgehead atoms. The van der Waals surface area contributed by atoms with Crippen LogP contribution in [0.25, 0.3) is 0 Å². The number of hydrogen-bond acceptors (Lipinski definition) is 6. The van der Waals surface area contributed by atoms with Crippen LogP contribution < -0.4 is 10.1 Å². The molecule has 1 aliphatic heterocycles. The minimum Gasteiger partial charge on any atom is -0.489 e. The summed E-state index contributed by atoms with van der Waals surface area (Å²) >= 11 is 6.88. The maximum absolute atomic E-state index is 12.9. The molecule has 8 nitrogen and oxygen atoms in total. The number of aromatic carboxylic acids is 1. The Hall–Kier alpha value is -2.92. The van der Waals surface area contributed by atoms with E-state index in [1.54, 1.807) is 12.1 Å². The van der Waals surface area contributed by atoms with Gasteiger partial charge in [0.2, 0.25) is 5.91 Å². The number of rotatable bonds is 9. The van der Waals surface area contributed by atoms with Crippen molar-refractivity contribution in [2.45, 2.75) is 36.2 Å². The van der Waals surface area contributed by atoms with E-state index < -0.39 is 22.0 Å². The molecule has 2 N–H and O–H groups in total. The van der Waals surface area contributed by atoms with Crippen LogP contribution in [-0.2, 0) is 28.0 Å². The van der Waals surface area contributed by atoms with Crippen molar-refractivity contribution in [2.24, 2.45) is 0 Å². The van der Waals surface area contributed by atoms with Crippen molar-refractivity contribution < 1.29 is 27.9 Å². The Kier molecular flexibility index (Phi) is 7.75. The lowest BCUT2D eigenvalue weighted by molar-refractivity contribution is -0.124. The maximum atomic E-state index is 12.9. The molecule has 184 valence electrons. The number of carboxylic acids is 1. The Labute approximate surface area is 212 Å². The summed E-state index contributed by atoms with van der Waals surface area (Å²) in [6, 6.07) is 15.9. The predicted octanol–water partition coefficient (Wildman–Crippen LogP) is 4.15. The number of thiophene rings is 1. The number of ether oxygens (including phenoxy) is 1. The second-order valence-corrected chi connectivity index (χ2v) is 11.8. The lowest BCUT2D eigenvalue weighted by Gasteiger charge is -2.22. The van der Waals surface area contributed by atoms with E-state index >= 15 is 0 Å². The van der Waals surface area contributed by atoms with Crippen molar-refractivity contribution in [1.29, 1.82) is 0 Å². The molecule has 2 heterocycles. The summed E-state index contributed by atoms with van der Waals surface area (Å²) < 4.78 is 33.3. The number of amides is 1. The molecule has 1 aliphatic rings. The van der Waals surface area contributed by atoms with Gasteiger partial charge in [0.05, 0.1) is 9.90 Å². The van der Waals surface area contributed by atoms with E-state index in [1.807, 2.05) is 24.3 Å². The van der Waals surface area contributed by atoms with Gasteiger partial charge in [0.1, 0.15) is 22.6 Å². The molecule has 35 heavy (non-hydrogen) atoms. The van der Waals surface area contributed by atoms with Gasteiger partial charge in [-0.3, -0.25) is 4.79 Å². The molecule has 0 radical (unpaired) electrons. The summed E-state index contributed by atoms with van der Waals surface area (Å²) in [7, 11) is -3.77. The summed E-state index contributed by atoms with van der Waals surface area (Å²) in [5.74, 6) is -0.757. The average Bonchev–Trinajstić information content (AvgIpc) is 3.52. The third-order valence-corrected chi connectivity index (χ3v) is 9.22. The van der Waals surface area contributed by atoms with Crippen LogP contribution in [0.4, 0.5) is 0 Å². The topological polar surface area (TPSA) is 113 Å². The van der Waals surface area contributed by atoms with E-state index in [-0.39, 0.29) is 22.2 Å². The monoisotopic (exact) mass is 534 g/mol. The van der Waals surface area contributed by atoms with Gasteiger partial charge in [-0.25, -0.2) is 13.2 Å². The van der Waals surface area contributed by atoms with E-state index in [2.05, 4.69) is 5.32 Å². The van der Waals surface area contributed by atoms with Crippen LogP contribution in [0, 0.1) is 0 Å². The van der Waals surface area contributed by atoms with Gasteiger partial charge in [0.15, 0.2) is 0 Å². The fourth-order valence-electron chi connectivity index (χ4n) is 3.76. The highest BCUT2D eigenvalue weighted by molar-refractivity contribution is 7.91. The lowest BCUT2D eigenvalue weighted by atomic mass is 10.1. The Balaban J connectivity index is 1.30. The standard InChI is InChI=1S/C24H23ClN2O6S2/c25-21-11-12-22(34-21)35(31,32)27-13-1-2-20(27)23(28)26-14-16-3-5-17(6-4-16)15-33-19-9-7-18(8-10-19)24(29)30/h3-12,20H,1-2,13-15H2,(H,26,28)(H,29,30)/t20-/m0/s1. The quantitative estimate of drug-likeness (QED) is 0.426. The van der Waals surface area contributed by atoms with Crippen LogP contribution in [0.2, 0.25) is 4.34 Å². The van der Waals surface area contributed by atoms with Crippen molar-refractivity contribution >= 4 is 44.8 Å². The number of halogens is 1. The van der Waals surface area contributed by atoms with Crippen LogP contribution in [0.5, 0.6) is 5.75 Å². The molecule has 4 rings (SSSR count). The first-order chi connectivity index (χ1) is 16.7. The molecule has 1 saturated heterocycles. The SMILES string of the molecule is O=C(O)c1ccc(OCc2ccc(CNC(=O)[C@@H]3CCCN3S(=O)(=O)c3ccc(Cl)s3)cc2)cc1. The highest BCUT2D eigenvalue weighted by atomic mass is 35.5. The van der Waals surface area contributed by atoms with E-state index in [1.165, 1.54) is 28.6 Å². The van der Waals surface area contributed by atoms with E-state index in [4.69, 9.17) is 21.4 Å². The number of nitrogens with zero attached hydrogens (tertiary/aromatic N) is 1. The summed E-state index contributed by atoms with van der Waals surface area (Å²) in [6.07, 6.45) is 1.08. The zero-order valence-corrected chi connectivity index (χ0v) is 20.9. The van der Waals surface area contributed by atoms with Crippen LogP contribution in [0.1, 0.15) is 34.3 Å². The van der Waals surface area contributed by atoms with Crippen molar-refractivity contribution in [1.82, 2.24) is 9.62 Å².